The van der Waals surface area contributed by atoms with E-state index in [1.165, 1.54) is 0 Å². The fourth-order valence-electron chi connectivity index (χ4n) is 1.49. The van der Waals surface area contributed by atoms with E-state index in [2.05, 4.69) is 10.3 Å². The molecule has 0 fully saturated rings. The van der Waals surface area contributed by atoms with Crippen LogP contribution in [0.25, 0.3) is 10.8 Å². The molecule has 0 amide bonds. The third-order valence-corrected chi connectivity index (χ3v) is 2.19. The van der Waals surface area contributed by atoms with E-state index in [9.17, 15) is 5.11 Å². The van der Waals surface area contributed by atoms with Crippen molar-refractivity contribution in [3.8, 4) is 5.75 Å². The van der Waals surface area contributed by atoms with Gasteiger partial charge in [0.15, 0.2) is 0 Å². The first-order valence-corrected chi connectivity index (χ1v) is 4.83. The molecular weight excluding hydrogens is 190 g/mol. The monoisotopic (exact) mass is 203 g/mol. The molecule has 0 radical (unpaired) electrons. The topological polar surface area (TPSA) is 71.2 Å². The van der Waals surface area contributed by atoms with Gasteiger partial charge in [-0.15, -0.1) is 0 Å². The lowest BCUT2D eigenvalue weighted by Crippen LogP contribution is -2.13. The Bertz CT molecular complexity index is 470. The molecule has 0 saturated carbocycles. The lowest BCUT2D eigenvalue weighted by Gasteiger charge is -2.07. The molecule has 0 bridgehead atoms. The number of aromatic nitrogens is 1. The number of hydrogen-bond acceptors (Lipinski definition) is 4. The minimum atomic E-state index is 0.242. The second kappa shape index (κ2) is 4.14. The quantitative estimate of drug-likeness (QED) is 0.703. The maximum Gasteiger partial charge on any atom is 0.133 e. The van der Waals surface area contributed by atoms with Gasteiger partial charge in [0, 0.05) is 24.7 Å². The van der Waals surface area contributed by atoms with Crippen molar-refractivity contribution in [3.05, 3.63) is 30.5 Å². The van der Waals surface area contributed by atoms with Gasteiger partial charge < -0.3 is 16.2 Å². The zero-order chi connectivity index (χ0) is 10.7. The number of nitrogens with one attached hydrogen (secondary N) is 1. The summed E-state index contributed by atoms with van der Waals surface area (Å²) in [6.07, 6.45) is 1.73. The van der Waals surface area contributed by atoms with E-state index < -0.39 is 0 Å². The van der Waals surface area contributed by atoms with Crippen molar-refractivity contribution >= 4 is 16.6 Å². The van der Waals surface area contributed by atoms with Gasteiger partial charge in [0.05, 0.1) is 0 Å². The SMILES string of the molecule is NCCNc1nccc2ccc(O)cc12. The van der Waals surface area contributed by atoms with Crippen LogP contribution in [0.15, 0.2) is 30.5 Å². The Hall–Kier alpha value is -1.81. The molecular formula is C11H13N3O. The molecule has 0 saturated heterocycles. The number of phenols is 1. The normalized spacial score (nSPS) is 10.5. The number of phenolic OH excluding ortho intramolecular Hbond substituents is 1. The zero-order valence-electron chi connectivity index (χ0n) is 8.27. The van der Waals surface area contributed by atoms with Crippen LogP contribution in [0, 0.1) is 0 Å². The molecule has 2 aromatic rings. The second-order valence-corrected chi connectivity index (χ2v) is 3.28. The molecule has 0 atom stereocenters. The highest BCUT2D eigenvalue weighted by Crippen LogP contribution is 2.24. The summed E-state index contributed by atoms with van der Waals surface area (Å²) in [6.45, 7) is 1.22. The first-order chi connectivity index (χ1) is 7.31. The number of anilines is 1. The van der Waals surface area contributed by atoms with Crippen LogP contribution in [0.5, 0.6) is 5.75 Å². The molecule has 4 heteroatoms. The molecule has 4 nitrogen and oxygen atoms in total. The molecule has 0 aliphatic carbocycles. The van der Waals surface area contributed by atoms with Crippen molar-refractivity contribution in [1.29, 1.82) is 0 Å². The van der Waals surface area contributed by atoms with Crippen molar-refractivity contribution in [1.82, 2.24) is 4.98 Å². The number of benzene rings is 1. The van der Waals surface area contributed by atoms with E-state index in [0.717, 1.165) is 16.6 Å². The van der Waals surface area contributed by atoms with Crippen LogP contribution in [0.1, 0.15) is 0 Å². The largest absolute Gasteiger partial charge is 0.508 e. The highest BCUT2D eigenvalue weighted by molar-refractivity contribution is 5.92. The Morgan fingerprint density at radius 2 is 2.20 bits per heavy atom. The molecule has 0 aliphatic heterocycles. The molecule has 2 rings (SSSR count). The number of pyridine rings is 1. The van der Waals surface area contributed by atoms with Gasteiger partial charge in [-0.1, -0.05) is 6.07 Å². The first kappa shape index (κ1) is 9.73. The zero-order valence-corrected chi connectivity index (χ0v) is 8.27. The van der Waals surface area contributed by atoms with E-state index >= 15 is 0 Å². The highest BCUT2D eigenvalue weighted by Gasteiger charge is 2.01. The summed E-state index contributed by atoms with van der Waals surface area (Å²) in [5.41, 5.74) is 5.41. The summed E-state index contributed by atoms with van der Waals surface area (Å²) in [6, 6.07) is 7.12. The van der Waals surface area contributed by atoms with Crippen LogP contribution in [0.2, 0.25) is 0 Å². The summed E-state index contributed by atoms with van der Waals surface area (Å²) in [4.78, 5) is 4.21. The Balaban J connectivity index is 2.48. The Morgan fingerprint density at radius 1 is 1.33 bits per heavy atom. The summed E-state index contributed by atoms with van der Waals surface area (Å²) < 4.78 is 0. The van der Waals surface area contributed by atoms with Gasteiger partial charge in [0.25, 0.3) is 0 Å². The summed E-state index contributed by atoms with van der Waals surface area (Å²) >= 11 is 0. The average Bonchev–Trinajstić information content (AvgIpc) is 2.26. The average molecular weight is 203 g/mol. The molecule has 15 heavy (non-hydrogen) atoms. The van der Waals surface area contributed by atoms with Gasteiger partial charge in [-0.3, -0.25) is 0 Å². The standard InChI is InChI=1S/C11H13N3O/c12-4-6-14-11-10-7-9(15)2-1-8(10)3-5-13-11/h1-3,5,7,15H,4,6,12H2,(H,13,14). The van der Waals surface area contributed by atoms with Crippen LogP contribution in [-0.4, -0.2) is 23.2 Å². The minimum Gasteiger partial charge on any atom is -0.508 e. The third-order valence-electron chi connectivity index (χ3n) is 2.19. The van der Waals surface area contributed by atoms with Crippen LogP contribution in [-0.2, 0) is 0 Å². The molecule has 1 aromatic carbocycles. The van der Waals surface area contributed by atoms with Crippen molar-refractivity contribution in [2.75, 3.05) is 18.4 Å². The van der Waals surface area contributed by atoms with Crippen molar-refractivity contribution in [2.45, 2.75) is 0 Å². The number of fused-ring (bicyclic) bond motifs is 1. The van der Waals surface area contributed by atoms with Gasteiger partial charge in [-0.2, -0.15) is 0 Å². The fourth-order valence-corrected chi connectivity index (χ4v) is 1.49. The Kier molecular flexibility index (Phi) is 2.69. The molecule has 4 N–H and O–H groups in total. The maximum atomic E-state index is 9.40. The predicted molar refractivity (Wildman–Crippen MR) is 61.0 cm³/mol. The van der Waals surface area contributed by atoms with Crippen molar-refractivity contribution in [3.63, 3.8) is 0 Å². The Morgan fingerprint density at radius 3 is 3.00 bits per heavy atom. The maximum absolute atomic E-state index is 9.40. The molecule has 0 unspecified atom stereocenters. The highest BCUT2D eigenvalue weighted by atomic mass is 16.3. The molecule has 0 spiro atoms. The fraction of sp³-hybridized carbons (Fsp3) is 0.182. The van der Waals surface area contributed by atoms with Crippen LogP contribution in [0.3, 0.4) is 0 Å². The van der Waals surface area contributed by atoms with Gasteiger partial charge in [0.2, 0.25) is 0 Å². The van der Waals surface area contributed by atoms with Crippen LogP contribution in [0.4, 0.5) is 5.82 Å². The van der Waals surface area contributed by atoms with Gasteiger partial charge in [-0.05, 0) is 23.6 Å². The number of nitrogens with two attached hydrogens (primary N) is 1. The number of nitrogens with zero attached hydrogens (tertiary/aromatic N) is 1. The van der Waals surface area contributed by atoms with Crippen molar-refractivity contribution < 1.29 is 5.11 Å². The van der Waals surface area contributed by atoms with Gasteiger partial charge in [-0.25, -0.2) is 4.98 Å². The molecule has 78 valence electrons. The minimum absolute atomic E-state index is 0.242. The van der Waals surface area contributed by atoms with Crippen LogP contribution >= 0.6 is 0 Å². The number of hydrogen-bond donors (Lipinski definition) is 3. The van der Waals surface area contributed by atoms with Gasteiger partial charge in [0.1, 0.15) is 11.6 Å². The molecule has 1 heterocycles. The third kappa shape index (κ3) is 1.99. The molecule has 0 aliphatic rings. The number of aromatic hydroxyl groups is 1. The van der Waals surface area contributed by atoms with E-state index in [1.54, 1.807) is 18.3 Å². The van der Waals surface area contributed by atoms with Crippen molar-refractivity contribution in [2.24, 2.45) is 5.73 Å². The van der Waals surface area contributed by atoms with Crippen LogP contribution < -0.4 is 11.1 Å². The van der Waals surface area contributed by atoms with E-state index in [4.69, 9.17) is 5.73 Å². The smallest absolute Gasteiger partial charge is 0.133 e. The number of rotatable bonds is 3. The lowest BCUT2D eigenvalue weighted by atomic mass is 10.1. The van der Waals surface area contributed by atoms with E-state index in [0.29, 0.717) is 13.1 Å². The summed E-state index contributed by atoms with van der Waals surface area (Å²) in [5, 5.41) is 14.5. The lowest BCUT2D eigenvalue weighted by molar-refractivity contribution is 0.476. The molecule has 1 aromatic heterocycles. The second-order valence-electron chi connectivity index (χ2n) is 3.28. The predicted octanol–water partition coefficient (Wildman–Crippen LogP) is 1.31. The van der Waals surface area contributed by atoms with Gasteiger partial charge >= 0.3 is 0 Å². The van der Waals surface area contributed by atoms with E-state index in [-0.39, 0.29) is 5.75 Å². The first-order valence-electron chi connectivity index (χ1n) is 4.83. The summed E-state index contributed by atoms with van der Waals surface area (Å²) in [5.74, 6) is 1.00. The Labute approximate surface area is 87.7 Å². The summed E-state index contributed by atoms with van der Waals surface area (Å²) in [7, 11) is 0. The van der Waals surface area contributed by atoms with E-state index in [1.807, 2.05) is 12.1 Å².